The molecule has 0 fully saturated rings. The van der Waals surface area contributed by atoms with Crippen molar-refractivity contribution >= 4 is 10.0 Å². The van der Waals surface area contributed by atoms with Gasteiger partial charge in [0.05, 0.1) is 6.33 Å². The van der Waals surface area contributed by atoms with Crippen molar-refractivity contribution in [2.24, 2.45) is 12.8 Å². The third-order valence-electron chi connectivity index (χ3n) is 2.88. The van der Waals surface area contributed by atoms with Gasteiger partial charge in [0.15, 0.2) is 5.03 Å². The Bertz CT molecular complexity index is 662. The first-order valence-electron chi connectivity index (χ1n) is 6.27. The molecule has 0 aliphatic carbocycles. The molecule has 2 aromatic rings. The Labute approximate surface area is 118 Å². The van der Waals surface area contributed by atoms with Gasteiger partial charge in [0.25, 0.3) is 10.0 Å². The van der Waals surface area contributed by atoms with Crippen molar-refractivity contribution in [3.8, 4) is 0 Å². The standard InChI is InChI=1S/C13H18N4O2S/c1-17-9-13(15-10-17)20(18,19)16-8-12-4-2-11(3-5-12)6-7-14/h2-5,9-10,16H,6-8,14H2,1H3. The highest BCUT2D eigenvalue weighted by Crippen LogP contribution is 2.08. The SMILES string of the molecule is Cn1cnc(S(=O)(=O)NCc2ccc(CCN)cc2)c1. The van der Waals surface area contributed by atoms with Gasteiger partial charge in [-0.1, -0.05) is 24.3 Å². The van der Waals surface area contributed by atoms with Crippen molar-refractivity contribution in [1.82, 2.24) is 14.3 Å². The summed E-state index contributed by atoms with van der Waals surface area (Å²) in [6, 6.07) is 7.70. The smallest absolute Gasteiger partial charge is 0.259 e. The predicted molar refractivity (Wildman–Crippen MR) is 76.4 cm³/mol. The van der Waals surface area contributed by atoms with Crippen LogP contribution in [0, 0.1) is 0 Å². The maximum absolute atomic E-state index is 12.0. The fourth-order valence-corrected chi connectivity index (χ4v) is 2.77. The van der Waals surface area contributed by atoms with E-state index < -0.39 is 10.0 Å². The molecule has 0 atom stereocenters. The van der Waals surface area contributed by atoms with E-state index in [0.29, 0.717) is 6.54 Å². The molecule has 0 spiro atoms. The second-order valence-electron chi connectivity index (χ2n) is 4.56. The number of sulfonamides is 1. The van der Waals surface area contributed by atoms with E-state index in [1.165, 1.54) is 12.5 Å². The van der Waals surface area contributed by atoms with Crippen LogP contribution in [0.1, 0.15) is 11.1 Å². The van der Waals surface area contributed by atoms with Crippen LogP contribution in [-0.2, 0) is 30.0 Å². The van der Waals surface area contributed by atoms with Gasteiger partial charge >= 0.3 is 0 Å². The summed E-state index contributed by atoms with van der Waals surface area (Å²) in [4.78, 5) is 3.84. The van der Waals surface area contributed by atoms with Crippen molar-refractivity contribution in [2.75, 3.05) is 6.54 Å². The molecule has 0 saturated carbocycles. The molecule has 108 valence electrons. The minimum atomic E-state index is -3.56. The Morgan fingerprint density at radius 3 is 2.45 bits per heavy atom. The van der Waals surface area contributed by atoms with Crippen LogP contribution >= 0.6 is 0 Å². The minimum absolute atomic E-state index is 0.0275. The summed E-state index contributed by atoms with van der Waals surface area (Å²) in [6.07, 6.45) is 3.74. The Morgan fingerprint density at radius 2 is 1.90 bits per heavy atom. The number of benzene rings is 1. The third kappa shape index (κ3) is 3.66. The molecular weight excluding hydrogens is 276 g/mol. The zero-order valence-electron chi connectivity index (χ0n) is 11.3. The lowest BCUT2D eigenvalue weighted by molar-refractivity contribution is 0.578. The van der Waals surface area contributed by atoms with E-state index >= 15 is 0 Å². The average molecular weight is 294 g/mol. The quantitative estimate of drug-likeness (QED) is 0.807. The van der Waals surface area contributed by atoms with E-state index in [9.17, 15) is 8.42 Å². The van der Waals surface area contributed by atoms with Crippen molar-refractivity contribution in [3.05, 3.63) is 47.9 Å². The van der Waals surface area contributed by atoms with Gasteiger partial charge in [0.1, 0.15) is 0 Å². The molecule has 0 radical (unpaired) electrons. The van der Waals surface area contributed by atoms with Gasteiger partial charge in [-0.15, -0.1) is 0 Å². The maximum atomic E-state index is 12.0. The Balaban J connectivity index is 2.01. The average Bonchev–Trinajstić information content (AvgIpc) is 2.86. The number of hydrogen-bond donors (Lipinski definition) is 2. The number of imidazole rings is 1. The molecule has 6 nitrogen and oxygen atoms in total. The fourth-order valence-electron chi connectivity index (χ4n) is 1.77. The normalized spacial score (nSPS) is 11.7. The van der Waals surface area contributed by atoms with Gasteiger partial charge in [-0.2, -0.15) is 0 Å². The molecule has 1 aromatic heterocycles. The predicted octanol–water partition coefficient (Wildman–Crippen LogP) is 0.400. The first-order chi connectivity index (χ1) is 9.51. The second-order valence-corrected chi connectivity index (χ2v) is 6.27. The lowest BCUT2D eigenvalue weighted by Crippen LogP contribution is -2.23. The summed E-state index contributed by atoms with van der Waals surface area (Å²) in [5, 5.41) is 0.0275. The van der Waals surface area contributed by atoms with E-state index in [2.05, 4.69) is 9.71 Å². The lowest BCUT2D eigenvalue weighted by atomic mass is 10.1. The Morgan fingerprint density at radius 1 is 1.25 bits per heavy atom. The lowest BCUT2D eigenvalue weighted by Gasteiger charge is -2.05. The number of rotatable bonds is 6. The third-order valence-corrected chi connectivity index (χ3v) is 4.16. The summed E-state index contributed by atoms with van der Waals surface area (Å²) in [7, 11) is -1.84. The molecule has 0 aliphatic heterocycles. The number of hydrogen-bond acceptors (Lipinski definition) is 4. The summed E-state index contributed by atoms with van der Waals surface area (Å²) in [5.74, 6) is 0. The number of nitrogens with two attached hydrogens (primary N) is 1. The highest BCUT2D eigenvalue weighted by Gasteiger charge is 2.16. The van der Waals surface area contributed by atoms with Crippen molar-refractivity contribution < 1.29 is 8.42 Å². The van der Waals surface area contributed by atoms with Gasteiger partial charge in [0.2, 0.25) is 0 Å². The minimum Gasteiger partial charge on any atom is -0.339 e. The van der Waals surface area contributed by atoms with E-state index in [1.54, 1.807) is 11.6 Å². The Kier molecular flexibility index (Phi) is 4.53. The van der Waals surface area contributed by atoms with E-state index in [1.807, 2.05) is 24.3 Å². The molecule has 7 heteroatoms. The molecule has 0 unspecified atom stereocenters. The van der Waals surface area contributed by atoms with Crippen LogP contribution in [0.3, 0.4) is 0 Å². The fraction of sp³-hybridized carbons (Fsp3) is 0.308. The Hall–Kier alpha value is -1.70. The van der Waals surface area contributed by atoms with Crippen LogP contribution in [0.15, 0.2) is 41.8 Å². The summed E-state index contributed by atoms with van der Waals surface area (Å²) >= 11 is 0. The first kappa shape index (κ1) is 14.7. The monoisotopic (exact) mass is 294 g/mol. The summed E-state index contributed by atoms with van der Waals surface area (Å²) in [6.45, 7) is 0.841. The van der Waals surface area contributed by atoms with Gasteiger partial charge in [-0.05, 0) is 24.1 Å². The molecule has 0 amide bonds. The van der Waals surface area contributed by atoms with Crippen LogP contribution < -0.4 is 10.5 Å². The zero-order chi connectivity index (χ0) is 14.6. The number of nitrogens with zero attached hydrogens (tertiary/aromatic N) is 2. The molecule has 1 aromatic carbocycles. The van der Waals surface area contributed by atoms with Crippen molar-refractivity contribution in [1.29, 1.82) is 0 Å². The maximum Gasteiger partial charge on any atom is 0.259 e. The molecule has 2 rings (SSSR count). The van der Waals surface area contributed by atoms with Gasteiger partial charge < -0.3 is 10.3 Å². The second kappa shape index (κ2) is 6.17. The molecule has 0 saturated heterocycles. The van der Waals surface area contributed by atoms with Crippen molar-refractivity contribution in [2.45, 2.75) is 18.0 Å². The summed E-state index contributed by atoms with van der Waals surface area (Å²) in [5.41, 5.74) is 7.52. The van der Waals surface area contributed by atoms with Gasteiger partial charge in [-0.25, -0.2) is 18.1 Å². The molecule has 0 bridgehead atoms. The molecule has 3 N–H and O–H groups in total. The molecule has 1 heterocycles. The topological polar surface area (TPSA) is 90.0 Å². The van der Waals surface area contributed by atoms with Crippen LogP contribution in [0.2, 0.25) is 0 Å². The molecule has 20 heavy (non-hydrogen) atoms. The highest BCUT2D eigenvalue weighted by atomic mass is 32.2. The van der Waals surface area contributed by atoms with Crippen LogP contribution in [0.4, 0.5) is 0 Å². The first-order valence-corrected chi connectivity index (χ1v) is 7.75. The van der Waals surface area contributed by atoms with Crippen LogP contribution in [0.25, 0.3) is 0 Å². The highest BCUT2D eigenvalue weighted by molar-refractivity contribution is 7.89. The largest absolute Gasteiger partial charge is 0.339 e. The number of nitrogens with one attached hydrogen (secondary N) is 1. The molecular formula is C13H18N4O2S. The van der Waals surface area contributed by atoms with Gasteiger partial charge in [-0.3, -0.25) is 0 Å². The summed E-state index contributed by atoms with van der Waals surface area (Å²) < 4.78 is 28.1. The van der Waals surface area contributed by atoms with Crippen LogP contribution in [-0.4, -0.2) is 24.5 Å². The van der Waals surface area contributed by atoms with Gasteiger partial charge in [0, 0.05) is 19.8 Å². The van der Waals surface area contributed by atoms with E-state index in [4.69, 9.17) is 5.73 Å². The number of aryl methyl sites for hydroxylation is 1. The van der Waals surface area contributed by atoms with Crippen molar-refractivity contribution in [3.63, 3.8) is 0 Å². The number of aromatic nitrogens is 2. The van der Waals surface area contributed by atoms with E-state index in [0.717, 1.165) is 17.5 Å². The zero-order valence-corrected chi connectivity index (χ0v) is 12.1. The van der Waals surface area contributed by atoms with E-state index in [-0.39, 0.29) is 11.6 Å². The molecule has 0 aliphatic rings. The van der Waals surface area contributed by atoms with Crippen LogP contribution in [0.5, 0.6) is 0 Å².